The molecule has 1 fully saturated rings. The SMILES string of the molecule is COCC[C@@H]1[C@@H](C)C/C=C/[C@H](OC)[C@@H]2CC[C@H]2CN2C[C@@]3(CCCc4cc(Cl)ccc43)COc3ccc(cc32)C(=O)NS1(=O)=O. The molecule has 4 aliphatic rings. The van der Waals surface area contributed by atoms with Crippen molar-refractivity contribution in [2.45, 2.75) is 68.6 Å². The summed E-state index contributed by atoms with van der Waals surface area (Å²) in [5.74, 6) is 0.583. The molecule has 1 saturated carbocycles. The van der Waals surface area contributed by atoms with Gasteiger partial charge in [0.1, 0.15) is 5.75 Å². The Balaban J connectivity index is 1.42. The molecule has 2 heterocycles. The van der Waals surface area contributed by atoms with Gasteiger partial charge in [-0.1, -0.05) is 36.7 Å². The van der Waals surface area contributed by atoms with Crippen molar-refractivity contribution in [1.82, 2.24) is 4.72 Å². The van der Waals surface area contributed by atoms with Gasteiger partial charge in [-0.2, -0.15) is 0 Å². The standard InChI is InChI=1S/C35H45ClN2O6S/c1-23-6-4-8-31(43-3)28-12-9-26(28)20-38-21-35(16-5-7-24-18-27(36)11-13-29(24)35)22-44-32-14-10-25(19-30(32)38)34(39)37-45(40,41)33(23)15-17-42-2/h4,8,10-11,13-14,18-19,23,26,28,31,33H,5-7,9,12,15-17,20-22H2,1-3H3,(H,37,39)/b8-4+/t23-,26-,28+,31-,33+,35-/m0/s1. The van der Waals surface area contributed by atoms with Crippen LogP contribution in [0.1, 0.15) is 66.9 Å². The van der Waals surface area contributed by atoms with Crippen LogP contribution in [0, 0.1) is 17.8 Å². The Kier molecular flexibility index (Phi) is 9.53. The number of benzene rings is 2. The smallest absolute Gasteiger partial charge is 0.264 e. The van der Waals surface area contributed by atoms with E-state index in [1.54, 1.807) is 20.3 Å². The molecule has 10 heteroatoms. The highest BCUT2D eigenvalue weighted by Crippen LogP contribution is 2.47. The molecule has 1 amide bonds. The minimum Gasteiger partial charge on any atom is -0.490 e. The van der Waals surface area contributed by atoms with Gasteiger partial charge in [0.25, 0.3) is 5.91 Å². The quantitative estimate of drug-likeness (QED) is 0.409. The molecule has 0 radical (unpaired) electrons. The van der Waals surface area contributed by atoms with E-state index in [2.05, 4.69) is 33.9 Å². The van der Waals surface area contributed by atoms with Crippen molar-refractivity contribution >= 4 is 33.2 Å². The molecule has 1 N–H and O–H groups in total. The molecule has 2 aromatic carbocycles. The zero-order chi connectivity index (χ0) is 31.8. The number of nitrogens with zero attached hydrogens (tertiary/aromatic N) is 1. The Morgan fingerprint density at radius 2 is 2.00 bits per heavy atom. The predicted molar refractivity (Wildman–Crippen MR) is 177 cm³/mol. The van der Waals surface area contributed by atoms with Crippen molar-refractivity contribution in [3.05, 3.63) is 70.3 Å². The number of carbonyl (C=O) groups excluding carboxylic acids is 1. The molecule has 0 saturated heterocycles. The minimum absolute atomic E-state index is 0.0573. The number of nitrogens with one attached hydrogen (secondary N) is 1. The second-order valence-corrected chi connectivity index (χ2v) is 15.8. The fraction of sp³-hybridized carbons (Fsp3) is 0.571. The van der Waals surface area contributed by atoms with Crippen molar-refractivity contribution in [2.24, 2.45) is 17.8 Å². The summed E-state index contributed by atoms with van der Waals surface area (Å²) in [6.07, 6.45) is 10.1. The molecule has 2 aromatic rings. The Labute approximate surface area is 272 Å². The van der Waals surface area contributed by atoms with Crippen molar-refractivity contribution in [1.29, 1.82) is 0 Å². The van der Waals surface area contributed by atoms with Crippen LogP contribution in [0.5, 0.6) is 5.75 Å². The van der Waals surface area contributed by atoms with Gasteiger partial charge in [0.2, 0.25) is 10.0 Å². The number of sulfonamides is 1. The number of fused-ring (bicyclic) bond motifs is 4. The first-order valence-electron chi connectivity index (χ1n) is 16.2. The molecule has 8 nitrogen and oxygen atoms in total. The highest BCUT2D eigenvalue weighted by Gasteiger charge is 2.44. The Bertz CT molecular complexity index is 1550. The van der Waals surface area contributed by atoms with Gasteiger partial charge >= 0.3 is 0 Å². The van der Waals surface area contributed by atoms with Crippen molar-refractivity contribution < 1.29 is 27.4 Å². The average Bonchev–Trinajstić information content (AvgIpc) is 3.14. The van der Waals surface area contributed by atoms with Gasteiger partial charge in [-0.15, -0.1) is 0 Å². The number of halogens is 1. The summed E-state index contributed by atoms with van der Waals surface area (Å²) in [5.41, 5.74) is 3.42. The van der Waals surface area contributed by atoms with Gasteiger partial charge in [0, 0.05) is 49.9 Å². The van der Waals surface area contributed by atoms with E-state index in [9.17, 15) is 13.2 Å². The van der Waals surface area contributed by atoms with E-state index in [0.717, 1.165) is 55.9 Å². The molecule has 2 bridgehead atoms. The lowest BCUT2D eigenvalue weighted by Gasteiger charge is -2.46. The van der Waals surface area contributed by atoms with E-state index in [-0.39, 0.29) is 30.5 Å². The first kappa shape index (κ1) is 32.4. The van der Waals surface area contributed by atoms with Crippen molar-refractivity contribution in [3.63, 3.8) is 0 Å². The molecule has 0 aromatic heterocycles. The topological polar surface area (TPSA) is 94.2 Å². The number of hydrogen-bond donors (Lipinski definition) is 1. The maximum absolute atomic E-state index is 13.7. The van der Waals surface area contributed by atoms with E-state index in [1.807, 2.05) is 25.1 Å². The summed E-state index contributed by atoms with van der Waals surface area (Å²) in [7, 11) is -0.687. The maximum atomic E-state index is 13.7. The monoisotopic (exact) mass is 656 g/mol. The predicted octanol–water partition coefficient (Wildman–Crippen LogP) is 5.92. The normalized spacial score (nSPS) is 31.9. The van der Waals surface area contributed by atoms with Crippen LogP contribution in [-0.4, -0.2) is 66.2 Å². The van der Waals surface area contributed by atoms with E-state index >= 15 is 0 Å². The zero-order valence-corrected chi connectivity index (χ0v) is 28.0. The van der Waals surface area contributed by atoms with Crippen LogP contribution in [0.3, 0.4) is 0 Å². The largest absolute Gasteiger partial charge is 0.490 e. The highest BCUT2D eigenvalue weighted by atomic mass is 35.5. The summed E-state index contributed by atoms with van der Waals surface area (Å²) >= 11 is 6.42. The van der Waals surface area contributed by atoms with Crippen molar-refractivity contribution in [2.75, 3.05) is 45.4 Å². The molecule has 2 aliphatic heterocycles. The Morgan fingerprint density at radius 3 is 2.76 bits per heavy atom. The van der Waals surface area contributed by atoms with Gasteiger partial charge in [0.15, 0.2) is 0 Å². The molecule has 45 heavy (non-hydrogen) atoms. The van der Waals surface area contributed by atoms with Crippen LogP contribution < -0.4 is 14.4 Å². The minimum atomic E-state index is -4.00. The molecule has 0 unspecified atom stereocenters. The first-order valence-corrected chi connectivity index (χ1v) is 18.1. The van der Waals surface area contributed by atoms with Crippen LogP contribution in [0.15, 0.2) is 48.6 Å². The molecular weight excluding hydrogens is 612 g/mol. The number of rotatable bonds is 4. The lowest BCUT2D eigenvalue weighted by Crippen LogP contribution is -2.49. The Hall–Kier alpha value is -2.59. The second-order valence-electron chi connectivity index (χ2n) is 13.4. The summed E-state index contributed by atoms with van der Waals surface area (Å²) < 4.78 is 47.6. The Morgan fingerprint density at radius 1 is 1.16 bits per heavy atom. The highest BCUT2D eigenvalue weighted by molar-refractivity contribution is 7.90. The molecule has 6 rings (SSSR count). The number of carbonyl (C=O) groups is 1. The first-order chi connectivity index (χ1) is 21.6. The summed E-state index contributed by atoms with van der Waals surface area (Å²) in [6.45, 7) is 4.22. The van der Waals surface area contributed by atoms with E-state index in [4.69, 9.17) is 25.8 Å². The summed E-state index contributed by atoms with van der Waals surface area (Å²) in [5, 5.41) is -0.0501. The van der Waals surface area contributed by atoms with Gasteiger partial charge in [-0.25, -0.2) is 13.1 Å². The lowest BCUT2D eigenvalue weighted by molar-refractivity contribution is 0.0131. The number of anilines is 1. The summed E-state index contributed by atoms with van der Waals surface area (Å²) in [6, 6.07) is 11.5. The third-order valence-corrected chi connectivity index (χ3v) is 12.8. The van der Waals surface area contributed by atoms with E-state index in [1.165, 1.54) is 11.1 Å². The number of aryl methyl sites for hydroxylation is 1. The molecular formula is C35H45ClN2O6S. The van der Waals surface area contributed by atoms with Gasteiger partial charge in [-0.05, 0) is 104 Å². The molecule has 1 spiro atoms. The third-order valence-electron chi connectivity index (χ3n) is 10.6. The fourth-order valence-electron chi connectivity index (χ4n) is 8.01. The molecule has 2 aliphatic carbocycles. The number of amides is 1. The average molecular weight is 657 g/mol. The number of ether oxygens (including phenoxy) is 3. The van der Waals surface area contributed by atoms with Gasteiger partial charge in [0.05, 0.1) is 23.6 Å². The maximum Gasteiger partial charge on any atom is 0.264 e. The lowest BCUT2D eigenvalue weighted by atomic mass is 9.68. The van der Waals surface area contributed by atoms with Crippen LogP contribution in [0.4, 0.5) is 5.69 Å². The van der Waals surface area contributed by atoms with Crippen LogP contribution >= 0.6 is 11.6 Å². The van der Waals surface area contributed by atoms with Crippen molar-refractivity contribution in [3.8, 4) is 5.75 Å². The zero-order valence-electron chi connectivity index (χ0n) is 26.5. The second kappa shape index (κ2) is 13.3. The van der Waals surface area contributed by atoms with Crippen LogP contribution in [0.2, 0.25) is 5.02 Å². The third kappa shape index (κ3) is 6.51. The number of hydrogen-bond acceptors (Lipinski definition) is 7. The van der Waals surface area contributed by atoms with Gasteiger partial charge < -0.3 is 19.1 Å². The van der Waals surface area contributed by atoms with Crippen LogP contribution in [-0.2, 0) is 31.3 Å². The summed E-state index contributed by atoms with van der Waals surface area (Å²) in [4.78, 5) is 16.0. The van der Waals surface area contributed by atoms with E-state index < -0.39 is 21.2 Å². The fourth-order valence-corrected chi connectivity index (χ4v) is 9.86. The number of allylic oxidation sites excluding steroid dienone is 1. The van der Waals surface area contributed by atoms with Gasteiger partial charge in [-0.3, -0.25) is 4.79 Å². The molecule has 244 valence electrons. The van der Waals surface area contributed by atoms with Crippen LogP contribution in [0.25, 0.3) is 0 Å². The number of methoxy groups -OCH3 is 2. The molecule has 6 atom stereocenters. The van der Waals surface area contributed by atoms with E-state index in [0.29, 0.717) is 36.2 Å².